The van der Waals surface area contributed by atoms with Crippen molar-refractivity contribution in [1.82, 2.24) is 14.8 Å². The highest BCUT2D eigenvalue weighted by atomic mass is 35.5. The first kappa shape index (κ1) is 22.2. The number of halogens is 2. The van der Waals surface area contributed by atoms with Gasteiger partial charge in [-0.1, -0.05) is 35.1 Å². The Morgan fingerprint density at radius 2 is 2.06 bits per heavy atom. The zero-order chi connectivity index (χ0) is 23.4. The number of nitriles is 1. The number of anilines is 1. The number of methoxy groups -OCH3 is 1. The third-order valence-corrected chi connectivity index (χ3v) is 5.69. The van der Waals surface area contributed by atoms with E-state index in [0.29, 0.717) is 27.2 Å². The number of amides is 1. The van der Waals surface area contributed by atoms with Crippen molar-refractivity contribution in [1.29, 1.82) is 5.26 Å². The van der Waals surface area contributed by atoms with E-state index >= 15 is 0 Å². The van der Waals surface area contributed by atoms with E-state index in [4.69, 9.17) is 16.3 Å². The Kier molecular flexibility index (Phi) is 6.49. The molecule has 1 amide bonds. The summed E-state index contributed by atoms with van der Waals surface area (Å²) in [5, 5.41) is 20.9. The molecular weight excluding hydrogens is 465 g/mol. The van der Waals surface area contributed by atoms with Gasteiger partial charge in [0, 0.05) is 22.5 Å². The maximum Gasteiger partial charge on any atom is 0.268 e. The van der Waals surface area contributed by atoms with Crippen molar-refractivity contribution in [3.8, 4) is 28.1 Å². The zero-order valence-electron chi connectivity index (χ0n) is 17.1. The number of nitrogens with zero attached hydrogens (tertiary/aromatic N) is 4. The quantitative estimate of drug-likeness (QED) is 0.297. The van der Waals surface area contributed by atoms with Crippen LogP contribution in [0.1, 0.15) is 5.69 Å². The molecule has 0 aliphatic carbocycles. The van der Waals surface area contributed by atoms with Crippen LogP contribution in [0.4, 0.5) is 9.52 Å². The summed E-state index contributed by atoms with van der Waals surface area (Å²) in [4.78, 5) is 12.7. The summed E-state index contributed by atoms with van der Waals surface area (Å²) < 4.78 is 21.1. The highest BCUT2D eigenvalue weighted by Gasteiger charge is 2.16. The molecule has 0 saturated carbocycles. The maximum absolute atomic E-state index is 14.0. The Labute approximate surface area is 197 Å². The van der Waals surface area contributed by atoms with Crippen molar-refractivity contribution in [2.45, 2.75) is 0 Å². The lowest BCUT2D eigenvalue weighted by molar-refractivity contribution is -0.112. The third-order valence-electron chi connectivity index (χ3n) is 4.59. The van der Waals surface area contributed by atoms with E-state index in [1.165, 1.54) is 19.3 Å². The number of hydrogen-bond acceptors (Lipinski definition) is 6. The number of benzene rings is 2. The van der Waals surface area contributed by atoms with Gasteiger partial charge in [-0.3, -0.25) is 10.1 Å². The van der Waals surface area contributed by atoms with E-state index in [-0.39, 0.29) is 16.3 Å². The standard InChI is InChI=1S/C23H15ClFN5O2S/c1-32-20-9-8-15(24)12-19(20)30-10-4-5-16(30)11-14(13-26)21(31)27-23-29-28-22(33-23)17-6-2-3-7-18(17)25/h2-12H,1H3,(H,27,29,31)/b14-11-. The molecule has 0 saturated heterocycles. The number of ether oxygens (including phenoxy) is 1. The van der Waals surface area contributed by atoms with Crippen LogP contribution >= 0.6 is 22.9 Å². The van der Waals surface area contributed by atoms with Crippen molar-refractivity contribution in [2.24, 2.45) is 0 Å². The molecule has 0 atom stereocenters. The molecule has 33 heavy (non-hydrogen) atoms. The summed E-state index contributed by atoms with van der Waals surface area (Å²) in [6.45, 7) is 0. The lowest BCUT2D eigenvalue weighted by Crippen LogP contribution is -2.13. The summed E-state index contributed by atoms with van der Waals surface area (Å²) in [6, 6.07) is 16.7. The predicted octanol–water partition coefficient (Wildman–Crippen LogP) is 5.34. The summed E-state index contributed by atoms with van der Waals surface area (Å²) >= 11 is 7.14. The number of carbonyl (C=O) groups is 1. The number of carbonyl (C=O) groups excluding carboxylic acids is 1. The van der Waals surface area contributed by atoms with Crippen LogP contribution in [-0.4, -0.2) is 27.8 Å². The molecule has 7 nitrogen and oxygen atoms in total. The molecule has 164 valence electrons. The van der Waals surface area contributed by atoms with Crippen LogP contribution in [0.15, 0.2) is 66.4 Å². The van der Waals surface area contributed by atoms with Crippen molar-refractivity contribution in [3.63, 3.8) is 0 Å². The lowest BCUT2D eigenvalue weighted by atomic mass is 10.2. The molecular formula is C23H15ClFN5O2S. The molecule has 0 spiro atoms. The van der Waals surface area contributed by atoms with Crippen LogP contribution in [-0.2, 0) is 4.79 Å². The minimum atomic E-state index is -0.667. The number of rotatable bonds is 6. The largest absolute Gasteiger partial charge is 0.495 e. The minimum Gasteiger partial charge on any atom is -0.495 e. The molecule has 4 aromatic rings. The van der Waals surface area contributed by atoms with E-state index in [1.54, 1.807) is 59.3 Å². The van der Waals surface area contributed by atoms with Crippen molar-refractivity contribution in [2.75, 3.05) is 12.4 Å². The SMILES string of the molecule is COc1ccc(Cl)cc1-n1cccc1/C=C(/C#N)C(=O)Nc1nnc(-c2ccccc2F)s1. The van der Waals surface area contributed by atoms with Crippen LogP contribution in [0.5, 0.6) is 5.75 Å². The van der Waals surface area contributed by atoms with E-state index in [0.717, 1.165) is 11.3 Å². The van der Waals surface area contributed by atoms with Gasteiger partial charge in [0.25, 0.3) is 5.91 Å². The van der Waals surface area contributed by atoms with Gasteiger partial charge in [-0.25, -0.2) is 4.39 Å². The molecule has 1 N–H and O–H groups in total. The summed E-state index contributed by atoms with van der Waals surface area (Å²) in [5.74, 6) is -0.538. The smallest absolute Gasteiger partial charge is 0.268 e. The van der Waals surface area contributed by atoms with Gasteiger partial charge < -0.3 is 9.30 Å². The highest BCUT2D eigenvalue weighted by Crippen LogP contribution is 2.30. The molecule has 0 unspecified atom stereocenters. The average molecular weight is 480 g/mol. The molecule has 0 aliphatic heterocycles. The normalized spacial score (nSPS) is 11.2. The fourth-order valence-corrected chi connectivity index (χ4v) is 3.99. The van der Waals surface area contributed by atoms with Gasteiger partial charge >= 0.3 is 0 Å². The molecule has 0 bridgehead atoms. The molecule has 2 heterocycles. The zero-order valence-corrected chi connectivity index (χ0v) is 18.7. The van der Waals surface area contributed by atoms with Gasteiger partial charge in [0.1, 0.15) is 23.2 Å². The van der Waals surface area contributed by atoms with Gasteiger partial charge in [-0.2, -0.15) is 5.26 Å². The number of nitrogens with one attached hydrogen (secondary N) is 1. The summed E-state index contributed by atoms with van der Waals surface area (Å²) in [5.41, 5.74) is 1.34. The van der Waals surface area contributed by atoms with Gasteiger partial charge in [0.15, 0.2) is 5.01 Å². The highest BCUT2D eigenvalue weighted by molar-refractivity contribution is 7.18. The molecule has 4 rings (SSSR count). The molecule has 2 aromatic carbocycles. The van der Waals surface area contributed by atoms with Crippen LogP contribution < -0.4 is 10.1 Å². The van der Waals surface area contributed by atoms with Crippen LogP contribution in [0, 0.1) is 17.1 Å². The summed E-state index contributed by atoms with van der Waals surface area (Å²) in [6.07, 6.45) is 3.20. The van der Waals surface area contributed by atoms with Gasteiger partial charge in [0.2, 0.25) is 5.13 Å². The molecule has 2 aromatic heterocycles. The Bertz CT molecular complexity index is 1410. The first-order valence-electron chi connectivity index (χ1n) is 9.53. The second-order valence-corrected chi connectivity index (χ2v) is 8.05. The Hall–Kier alpha value is -4.00. The lowest BCUT2D eigenvalue weighted by Gasteiger charge is -2.12. The number of aromatic nitrogens is 3. The van der Waals surface area contributed by atoms with E-state index in [2.05, 4.69) is 15.5 Å². The average Bonchev–Trinajstić information content (AvgIpc) is 3.47. The van der Waals surface area contributed by atoms with E-state index in [9.17, 15) is 14.4 Å². The number of hydrogen-bond donors (Lipinski definition) is 1. The van der Waals surface area contributed by atoms with Gasteiger partial charge in [-0.05, 0) is 48.5 Å². The first-order valence-corrected chi connectivity index (χ1v) is 10.7. The monoisotopic (exact) mass is 479 g/mol. The van der Waals surface area contributed by atoms with Crippen molar-refractivity contribution in [3.05, 3.63) is 82.9 Å². The maximum atomic E-state index is 14.0. The minimum absolute atomic E-state index is 0.145. The third kappa shape index (κ3) is 4.77. The van der Waals surface area contributed by atoms with E-state index < -0.39 is 11.7 Å². The Balaban J connectivity index is 1.60. The molecule has 10 heteroatoms. The van der Waals surface area contributed by atoms with Crippen molar-refractivity contribution < 1.29 is 13.9 Å². The van der Waals surface area contributed by atoms with Crippen molar-refractivity contribution >= 4 is 40.1 Å². The Morgan fingerprint density at radius 1 is 1.24 bits per heavy atom. The molecule has 0 aliphatic rings. The van der Waals surface area contributed by atoms with Crippen LogP contribution in [0.2, 0.25) is 5.02 Å². The van der Waals surface area contributed by atoms with E-state index in [1.807, 2.05) is 6.07 Å². The topological polar surface area (TPSA) is 92.8 Å². The molecule has 0 fully saturated rings. The van der Waals surface area contributed by atoms with Gasteiger partial charge in [0.05, 0.1) is 12.8 Å². The fraction of sp³-hybridized carbons (Fsp3) is 0.0435. The Morgan fingerprint density at radius 3 is 2.82 bits per heavy atom. The molecule has 0 radical (unpaired) electrons. The van der Waals surface area contributed by atoms with Crippen LogP contribution in [0.3, 0.4) is 0 Å². The first-order chi connectivity index (χ1) is 16.0. The van der Waals surface area contributed by atoms with Crippen LogP contribution in [0.25, 0.3) is 22.3 Å². The predicted molar refractivity (Wildman–Crippen MR) is 125 cm³/mol. The fourth-order valence-electron chi connectivity index (χ4n) is 3.06. The second kappa shape index (κ2) is 9.65. The second-order valence-electron chi connectivity index (χ2n) is 6.64. The summed E-state index contributed by atoms with van der Waals surface area (Å²) in [7, 11) is 1.54. The van der Waals surface area contributed by atoms with Gasteiger partial charge in [-0.15, -0.1) is 10.2 Å².